The second kappa shape index (κ2) is 3.79. The molecule has 0 aliphatic carbocycles. The zero-order valence-corrected chi connectivity index (χ0v) is 8.70. The first-order valence-electron chi connectivity index (χ1n) is 5.02. The van der Waals surface area contributed by atoms with Crippen molar-refractivity contribution in [2.45, 2.75) is 0 Å². The quantitative estimate of drug-likeness (QED) is 0.629. The maximum atomic E-state index is 11.7. The molecular weight excluding hydrogens is 218 g/mol. The molecule has 0 saturated carbocycles. The number of hydrogen-bond donors (Lipinski definition) is 0. The van der Waals surface area contributed by atoms with E-state index >= 15 is 0 Å². The third-order valence-corrected chi connectivity index (χ3v) is 2.29. The minimum absolute atomic E-state index is 0.134. The average Bonchev–Trinajstić information content (AvgIpc) is 2.40. The van der Waals surface area contributed by atoms with Crippen LogP contribution in [0.1, 0.15) is 0 Å². The van der Waals surface area contributed by atoms with E-state index in [1.54, 1.807) is 36.7 Å². The van der Waals surface area contributed by atoms with Crippen molar-refractivity contribution in [3.8, 4) is 11.7 Å². The minimum Gasteiger partial charge on any atom is -0.400 e. The first kappa shape index (κ1) is 9.65. The summed E-state index contributed by atoms with van der Waals surface area (Å²) in [5.41, 5.74) is 0.143. The maximum Gasteiger partial charge on any atom is 0.347 e. The van der Waals surface area contributed by atoms with Crippen LogP contribution >= 0.6 is 0 Å². The summed E-state index contributed by atoms with van der Waals surface area (Å²) in [7, 11) is 0. The van der Waals surface area contributed by atoms with Crippen molar-refractivity contribution in [2.24, 2.45) is 0 Å². The number of benzene rings is 1. The Bertz CT molecular complexity index is 722. The van der Waals surface area contributed by atoms with Gasteiger partial charge in [0.2, 0.25) is 5.82 Å². The van der Waals surface area contributed by atoms with E-state index in [0.717, 1.165) is 0 Å². The molecular formula is C12H7N3O2. The lowest BCUT2D eigenvalue weighted by Gasteiger charge is -1.99. The SMILES string of the molecule is O=c1oc(-c2ncccn2)nc2ccccc12. The van der Waals surface area contributed by atoms with Gasteiger partial charge in [-0.1, -0.05) is 12.1 Å². The van der Waals surface area contributed by atoms with E-state index in [0.29, 0.717) is 16.7 Å². The van der Waals surface area contributed by atoms with Crippen LogP contribution in [0.25, 0.3) is 22.6 Å². The third kappa shape index (κ3) is 1.67. The van der Waals surface area contributed by atoms with Crippen LogP contribution in [0.15, 0.2) is 51.9 Å². The highest BCUT2D eigenvalue weighted by molar-refractivity contribution is 5.77. The molecule has 17 heavy (non-hydrogen) atoms. The van der Waals surface area contributed by atoms with Gasteiger partial charge in [0.25, 0.3) is 5.89 Å². The van der Waals surface area contributed by atoms with Gasteiger partial charge < -0.3 is 4.42 Å². The second-order valence-electron chi connectivity index (χ2n) is 3.40. The van der Waals surface area contributed by atoms with E-state index in [4.69, 9.17) is 4.42 Å². The van der Waals surface area contributed by atoms with Crippen LogP contribution in [0.4, 0.5) is 0 Å². The fraction of sp³-hybridized carbons (Fsp3) is 0. The molecule has 5 nitrogen and oxygen atoms in total. The lowest BCUT2D eigenvalue weighted by atomic mass is 10.2. The largest absolute Gasteiger partial charge is 0.400 e. The van der Waals surface area contributed by atoms with Gasteiger partial charge in [0.15, 0.2) is 0 Å². The van der Waals surface area contributed by atoms with Crippen LogP contribution in [-0.2, 0) is 0 Å². The average molecular weight is 225 g/mol. The summed E-state index contributed by atoms with van der Waals surface area (Å²) in [5.74, 6) is 0.435. The molecule has 0 amide bonds. The summed E-state index contributed by atoms with van der Waals surface area (Å²) in [4.78, 5) is 23.9. The molecule has 5 heteroatoms. The van der Waals surface area contributed by atoms with Crippen molar-refractivity contribution < 1.29 is 4.42 Å². The predicted octanol–water partition coefficient (Wildman–Crippen LogP) is 1.64. The Morgan fingerprint density at radius 3 is 2.59 bits per heavy atom. The van der Waals surface area contributed by atoms with Crippen molar-refractivity contribution in [2.75, 3.05) is 0 Å². The highest BCUT2D eigenvalue weighted by atomic mass is 16.4. The smallest absolute Gasteiger partial charge is 0.347 e. The molecule has 0 N–H and O–H groups in total. The van der Waals surface area contributed by atoms with Gasteiger partial charge in [-0.05, 0) is 18.2 Å². The number of rotatable bonds is 1. The highest BCUT2D eigenvalue weighted by Gasteiger charge is 2.09. The molecule has 0 fully saturated rings. The zero-order valence-electron chi connectivity index (χ0n) is 8.70. The Kier molecular flexibility index (Phi) is 2.15. The molecule has 2 aromatic heterocycles. The summed E-state index contributed by atoms with van der Waals surface area (Å²) in [6, 6.07) is 8.68. The summed E-state index contributed by atoms with van der Waals surface area (Å²) in [5, 5.41) is 0.451. The Labute approximate surface area is 95.8 Å². The summed E-state index contributed by atoms with van der Waals surface area (Å²) in [6.07, 6.45) is 3.14. The monoisotopic (exact) mass is 225 g/mol. The van der Waals surface area contributed by atoms with Crippen LogP contribution < -0.4 is 5.63 Å². The molecule has 0 saturated heterocycles. The van der Waals surface area contributed by atoms with Crippen molar-refractivity contribution >= 4 is 10.9 Å². The van der Waals surface area contributed by atoms with Gasteiger partial charge in [-0.15, -0.1) is 0 Å². The highest BCUT2D eigenvalue weighted by Crippen LogP contribution is 2.13. The normalized spacial score (nSPS) is 10.6. The Morgan fingerprint density at radius 1 is 1.00 bits per heavy atom. The van der Waals surface area contributed by atoms with Crippen LogP contribution in [0, 0.1) is 0 Å². The second-order valence-corrected chi connectivity index (χ2v) is 3.40. The molecule has 82 valence electrons. The Hall–Kier alpha value is -2.56. The molecule has 3 aromatic rings. The molecule has 3 rings (SSSR count). The van der Waals surface area contributed by atoms with Crippen LogP contribution in [-0.4, -0.2) is 15.0 Å². The summed E-state index contributed by atoms with van der Waals surface area (Å²) in [6.45, 7) is 0. The Morgan fingerprint density at radius 2 is 1.76 bits per heavy atom. The standard InChI is InChI=1S/C12H7N3O2/c16-12-8-4-1-2-5-9(8)15-11(17-12)10-13-6-3-7-14-10/h1-7H. The van der Waals surface area contributed by atoms with E-state index in [1.807, 2.05) is 6.07 Å². The number of hydrogen-bond acceptors (Lipinski definition) is 5. The topological polar surface area (TPSA) is 68.9 Å². The van der Waals surface area contributed by atoms with Crippen molar-refractivity contribution in [3.63, 3.8) is 0 Å². The molecule has 0 radical (unpaired) electrons. The molecule has 0 spiro atoms. The summed E-state index contributed by atoms with van der Waals surface area (Å²) >= 11 is 0. The lowest BCUT2D eigenvalue weighted by Crippen LogP contribution is -2.03. The Balaban J connectivity index is 2.30. The van der Waals surface area contributed by atoms with Gasteiger partial charge >= 0.3 is 5.63 Å². The van der Waals surface area contributed by atoms with Gasteiger partial charge in [0, 0.05) is 12.4 Å². The van der Waals surface area contributed by atoms with E-state index in [2.05, 4.69) is 15.0 Å². The van der Waals surface area contributed by atoms with Crippen LogP contribution in [0.2, 0.25) is 0 Å². The van der Waals surface area contributed by atoms with Gasteiger partial charge in [0.05, 0.1) is 10.9 Å². The van der Waals surface area contributed by atoms with Gasteiger partial charge in [0.1, 0.15) is 0 Å². The first-order chi connectivity index (χ1) is 8.34. The minimum atomic E-state index is -0.432. The van der Waals surface area contributed by atoms with Crippen molar-refractivity contribution in [1.29, 1.82) is 0 Å². The number of para-hydroxylation sites is 1. The lowest BCUT2D eigenvalue weighted by molar-refractivity contribution is 0.513. The van der Waals surface area contributed by atoms with Crippen molar-refractivity contribution in [3.05, 3.63) is 53.1 Å². The van der Waals surface area contributed by atoms with Gasteiger partial charge in [-0.25, -0.2) is 19.7 Å². The molecule has 0 atom stereocenters. The fourth-order valence-corrected chi connectivity index (χ4v) is 1.52. The van der Waals surface area contributed by atoms with E-state index in [1.165, 1.54) is 0 Å². The van der Waals surface area contributed by atoms with E-state index in [-0.39, 0.29) is 5.89 Å². The number of nitrogens with zero attached hydrogens (tertiary/aromatic N) is 3. The molecule has 0 aliphatic heterocycles. The molecule has 1 aromatic carbocycles. The molecule has 2 heterocycles. The number of fused-ring (bicyclic) bond motifs is 1. The molecule has 0 bridgehead atoms. The molecule has 0 aliphatic rings. The fourth-order valence-electron chi connectivity index (χ4n) is 1.52. The van der Waals surface area contributed by atoms with Gasteiger partial charge in [-0.2, -0.15) is 0 Å². The van der Waals surface area contributed by atoms with Gasteiger partial charge in [-0.3, -0.25) is 0 Å². The number of aromatic nitrogens is 3. The van der Waals surface area contributed by atoms with Crippen LogP contribution in [0.5, 0.6) is 0 Å². The zero-order chi connectivity index (χ0) is 11.7. The van der Waals surface area contributed by atoms with Crippen LogP contribution in [0.3, 0.4) is 0 Å². The van der Waals surface area contributed by atoms with Crippen molar-refractivity contribution in [1.82, 2.24) is 15.0 Å². The predicted molar refractivity (Wildman–Crippen MR) is 61.3 cm³/mol. The third-order valence-electron chi connectivity index (χ3n) is 2.29. The first-order valence-corrected chi connectivity index (χ1v) is 5.02. The maximum absolute atomic E-state index is 11.7. The molecule has 0 unspecified atom stereocenters. The van der Waals surface area contributed by atoms with E-state index < -0.39 is 5.63 Å². The summed E-state index contributed by atoms with van der Waals surface area (Å²) < 4.78 is 5.08. The van der Waals surface area contributed by atoms with E-state index in [9.17, 15) is 4.79 Å².